The van der Waals surface area contributed by atoms with Crippen LogP contribution in [0.3, 0.4) is 0 Å². The van der Waals surface area contributed by atoms with E-state index in [0.717, 1.165) is 27.4 Å². The molecule has 0 N–H and O–H groups in total. The predicted molar refractivity (Wildman–Crippen MR) is 232 cm³/mol. The van der Waals surface area contributed by atoms with E-state index < -0.39 is 57.2 Å². The average molecular weight is 722 g/mol. The molecule has 0 saturated heterocycles. The second-order valence-electron chi connectivity index (χ2n) is 16.3. The van der Waals surface area contributed by atoms with Crippen molar-refractivity contribution in [3.8, 4) is 17.2 Å². The Labute approximate surface area is 342 Å². The summed E-state index contributed by atoms with van der Waals surface area (Å²) in [6.07, 6.45) is 0. The molecule has 0 amide bonds. The number of nitrogens with zero attached hydrogens (tertiary/aromatic N) is 2. The van der Waals surface area contributed by atoms with Crippen LogP contribution in [-0.2, 0) is 16.2 Å². The fourth-order valence-electron chi connectivity index (χ4n) is 8.29. The van der Waals surface area contributed by atoms with Crippen LogP contribution in [0.1, 0.15) is 110 Å². The molecule has 1 aromatic heterocycles. The number of aromatic nitrogens is 1. The van der Waals surface area contributed by atoms with Gasteiger partial charge in [-0.2, -0.15) is 0 Å². The van der Waals surface area contributed by atoms with Gasteiger partial charge in [-0.05, 0) is 118 Å². The van der Waals surface area contributed by atoms with Crippen LogP contribution in [0, 0.1) is 13.8 Å². The monoisotopic (exact) mass is 722 g/mol. The normalized spacial score (nSPS) is 19.2. The van der Waals surface area contributed by atoms with Crippen LogP contribution in [0.4, 0.5) is 17.1 Å². The second-order valence-corrected chi connectivity index (χ2v) is 16.3. The van der Waals surface area contributed by atoms with Gasteiger partial charge in [-0.1, -0.05) is 122 Å². The van der Waals surface area contributed by atoms with E-state index in [0.29, 0.717) is 61.8 Å². The standard InChI is InChI=1S/C50H51BN2O/c1-30-12-20-41-37(24-30)38-25-31(2)13-21-42(38)53(41)36-28-44-47-46(29-36)54-45-23-17-34(50(9,10)11)27-40(45)51(47)39-26-33(49(6,7)8)16-22-43(39)52(44)35-18-14-32(15-19-35)48(3,4)5/h12-29H,1-11H3/i1D3,3D3,6D3,9D3,10D3. The van der Waals surface area contributed by atoms with E-state index in [2.05, 4.69) is 4.57 Å². The predicted octanol–water partition coefficient (Wildman–Crippen LogP) is 11.7. The molecule has 0 saturated carbocycles. The lowest BCUT2D eigenvalue weighted by Gasteiger charge is -2.41. The van der Waals surface area contributed by atoms with Gasteiger partial charge in [0.15, 0.2) is 0 Å². The summed E-state index contributed by atoms with van der Waals surface area (Å²) >= 11 is 0. The highest BCUT2D eigenvalue weighted by molar-refractivity contribution is 6.99. The summed E-state index contributed by atoms with van der Waals surface area (Å²) in [5, 5.41) is 1.57. The first-order valence-electron chi connectivity index (χ1n) is 25.8. The zero-order chi connectivity index (χ0) is 50.6. The first-order chi connectivity index (χ1) is 31.7. The Kier molecular flexibility index (Phi) is 4.66. The third kappa shape index (κ3) is 5.40. The molecule has 6 aromatic carbocycles. The van der Waals surface area contributed by atoms with Gasteiger partial charge in [-0.15, -0.1) is 0 Å². The minimum atomic E-state index is -2.95. The lowest BCUT2D eigenvalue weighted by Crippen LogP contribution is -2.60. The Bertz CT molecular complexity index is 3210. The molecule has 0 unspecified atom stereocenters. The maximum Gasteiger partial charge on any atom is 0.256 e. The van der Waals surface area contributed by atoms with Gasteiger partial charge in [0.1, 0.15) is 11.5 Å². The van der Waals surface area contributed by atoms with Gasteiger partial charge < -0.3 is 14.2 Å². The van der Waals surface area contributed by atoms with Crippen molar-refractivity contribution in [1.82, 2.24) is 4.57 Å². The van der Waals surface area contributed by atoms with Gasteiger partial charge in [-0.25, -0.2) is 0 Å². The molecule has 9 rings (SSSR count). The number of rotatable bonds is 2. The van der Waals surface area contributed by atoms with Crippen molar-refractivity contribution >= 4 is 62.0 Å². The van der Waals surface area contributed by atoms with Crippen LogP contribution >= 0.6 is 0 Å². The molecular formula is C50H51BN2O. The topological polar surface area (TPSA) is 17.4 Å². The molecule has 3 nitrogen and oxygen atoms in total. The van der Waals surface area contributed by atoms with Crippen LogP contribution < -0.4 is 26.0 Å². The lowest BCUT2D eigenvalue weighted by molar-refractivity contribution is 0.486. The van der Waals surface area contributed by atoms with Crippen molar-refractivity contribution in [3.63, 3.8) is 0 Å². The number of fused-ring (bicyclic) bond motifs is 7. The fourth-order valence-corrected chi connectivity index (χ4v) is 8.29. The summed E-state index contributed by atoms with van der Waals surface area (Å²) in [7, 11) is 0. The highest BCUT2D eigenvalue weighted by Crippen LogP contribution is 2.45. The largest absolute Gasteiger partial charge is 0.458 e. The van der Waals surface area contributed by atoms with Gasteiger partial charge in [0, 0.05) is 54.5 Å². The molecule has 270 valence electrons. The van der Waals surface area contributed by atoms with E-state index in [1.165, 1.54) is 13.0 Å². The number of aryl methyl sites for hydroxylation is 2. The van der Waals surface area contributed by atoms with Crippen molar-refractivity contribution in [1.29, 1.82) is 0 Å². The smallest absolute Gasteiger partial charge is 0.256 e. The van der Waals surface area contributed by atoms with Crippen molar-refractivity contribution < 1.29 is 25.3 Å². The van der Waals surface area contributed by atoms with Gasteiger partial charge in [0.25, 0.3) is 6.71 Å². The molecule has 0 radical (unpaired) electrons. The Morgan fingerprint density at radius 2 is 1.15 bits per heavy atom. The summed E-state index contributed by atoms with van der Waals surface area (Å²) in [6, 6.07) is 32.5. The molecule has 0 atom stereocenters. The zero-order valence-electron chi connectivity index (χ0n) is 46.3. The molecule has 0 bridgehead atoms. The van der Waals surface area contributed by atoms with Gasteiger partial charge in [0.2, 0.25) is 0 Å². The third-order valence-electron chi connectivity index (χ3n) is 11.1. The zero-order valence-corrected chi connectivity index (χ0v) is 31.3. The molecule has 54 heavy (non-hydrogen) atoms. The number of hydrogen-bond donors (Lipinski definition) is 0. The van der Waals surface area contributed by atoms with Gasteiger partial charge >= 0.3 is 0 Å². The van der Waals surface area contributed by atoms with E-state index in [9.17, 15) is 0 Å². The van der Waals surface area contributed by atoms with Crippen LogP contribution in [0.15, 0.2) is 109 Å². The van der Waals surface area contributed by atoms with E-state index >= 15 is 0 Å². The van der Waals surface area contributed by atoms with Crippen molar-refractivity contribution in [2.75, 3.05) is 4.90 Å². The van der Waals surface area contributed by atoms with Crippen LogP contribution in [0.2, 0.25) is 0 Å². The van der Waals surface area contributed by atoms with E-state index in [-0.39, 0.29) is 11.1 Å². The van der Waals surface area contributed by atoms with Crippen molar-refractivity contribution in [2.45, 2.75) is 92.0 Å². The van der Waals surface area contributed by atoms with E-state index in [1.54, 1.807) is 76.2 Å². The Morgan fingerprint density at radius 1 is 0.537 bits per heavy atom. The Hall–Kier alpha value is -5.22. The van der Waals surface area contributed by atoms with Crippen molar-refractivity contribution in [2.24, 2.45) is 0 Å². The second kappa shape index (κ2) is 11.6. The molecule has 0 fully saturated rings. The molecule has 0 aliphatic carbocycles. The molecule has 0 spiro atoms. The number of hydrogen-bond acceptors (Lipinski definition) is 2. The molecule has 2 aliphatic rings. The number of benzene rings is 6. The minimum absolute atomic E-state index is 0.0545. The highest BCUT2D eigenvalue weighted by Gasteiger charge is 2.43. The van der Waals surface area contributed by atoms with Crippen LogP contribution in [-0.4, -0.2) is 11.3 Å². The van der Waals surface area contributed by atoms with Gasteiger partial charge in [0.05, 0.1) is 16.7 Å². The Balaban J connectivity index is 1.39. The molecular weight excluding hydrogens is 655 g/mol. The first-order valence-corrected chi connectivity index (χ1v) is 18.3. The average Bonchev–Trinajstić information content (AvgIpc) is 3.56. The summed E-state index contributed by atoms with van der Waals surface area (Å²) < 4.78 is 136. The van der Waals surface area contributed by atoms with Gasteiger partial charge in [-0.3, -0.25) is 0 Å². The fraction of sp³-hybridized carbons (Fsp3) is 0.280. The maximum absolute atomic E-state index is 8.58. The SMILES string of the molecule is [2H]C([2H])([2H])c1ccc2c(c1)c1cc(C)ccc1n2-c1cc2c3c(c1)N(c1ccc(C(C)(C)C([2H])([2H])[2H])cc1)c1ccc(C(C)(C)C([2H])([2H])[2H])cc1B3c1cc(C(C)(C([2H])([2H])[2H])C([2H])([2H])[2H])ccc1O2. The molecule has 7 aromatic rings. The summed E-state index contributed by atoms with van der Waals surface area (Å²) in [5.41, 5.74) is 3.33. The summed E-state index contributed by atoms with van der Waals surface area (Å²) in [6.45, 7) is -3.91. The van der Waals surface area contributed by atoms with E-state index in [1.807, 2.05) is 66.4 Å². The molecule has 4 heteroatoms. The van der Waals surface area contributed by atoms with Crippen molar-refractivity contribution in [3.05, 3.63) is 137 Å². The minimum Gasteiger partial charge on any atom is -0.458 e. The van der Waals surface area contributed by atoms with Crippen LogP contribution in [0.25, 0.3) is 27.5 Å². The summed E-state index contributed by atoms with van der Waals surface area (Å²) in [5.74, 6) is 0.758. The Morgan fingerprint density at radius 3 is 1.85 bits per heavy atom. The highest BCUT2D eigenvalue weighted by atomic mass is 16.5. The van der Waals surface area contributed by atoms with Crippen LogP contribution in [0.5, 0.6) is 11.5 Å². The first kappa shape index (κ1) is 21.6. The summed E-state index contributed by atoms with van der Waals surface area (Å²) in [4.78, 5) is 2.02. The third-order valence-corrected chi connectivity index (χ3v) is 11.1. The number of ether oxygens (including phenoxy) is 1. The molecule has 3 heterocycles. The quantitative estimate of drug-likeness (QED) is 0.165. The van der Waals surface area contributed by atoms with E-state index in [4.69, 9.17) is 25.3 Å². The molecule has 2 aliphatic heterocycles. The maximum atomic E-state index is 8.58. The lowest BCUT2D eigenvalue weighted by atomic mass is 9.33. The number of anilines is 3.